The normalized spacial score (nSPS) is 12.2. The molecule has 0 unspecified atom stereocenters. The molecular formula is C43H24N2O3. The van der Waals surface area contributed by atoms with Crippen molar-refractivity contribution < 1.29 is 8.83 Å². The fourth-order valence-corrected chi connectivity index (χ4v) is 7.92. The lowest BCUT2D eigenvalue weighted by atomic mass is 10.0. The number of nitrogens with zero attached hydrogens (tertiary/aromatic N) is 2. The molecular weight excluding hydrogens is 592 g/mol. The molecule has 0 saturated heterocycles. The van der Waals surface area contributed by atoms with Crippen molar-refractivity contribution >= 4 is 87.5 Å². The summed E-state index contributed by atoms with van der Waals surface area (Å²) in [4.78, 5) is 13.5. The molecule has 0 N–H and O–H groups in total. The Labute approximate surface area is 272 Å². The molecule has 0 aliphatic carbocycles. The van der Waals surface area contributed by atoms with Crippen LogP contribution in [0.1, 0.15) is 0 Å². The zero-order valence-corrected chi connectivity index (χ0v) is 25.5. The summed E-state index contributed by atoms with van der Waals surface area (Å²) in [7, 11) is 0. The van der Waals surface area contributed by atoms with E-state index in [1.54, 1.807) is 0 Å². The zero-order valence-electron chi connectivity index (χ0n) is 25.5. The van der Waals surface area contributed by atoms with Gasteiger partial charge in [-0.2, -0.15) is 0 Å². The molecule has 0 aliphatic heterocycles. The summed E-state index contributed by atoms with van der Waals surface area (Å²) >= 11 is 0. The quantitative estimate of drug-likeness (QED) is 0.182. The highest BCUT2D eigenvalue weighted by Crippen LogP contribution is 2.49. The highest BCUT2D eigenvalue weighted by molar-refractivity contribution is 6.39. The first-order valence-electron chi connectivity index (χ1n) is 16.1. The van der Waals surface area contributed by atoms with Crippen molar-refractivity contribution in [1.82, 2.24) is 9.13 Å². The Bertz CT molecular complexity index is 3190. The predicted octanol–water partition coefficient (Wildman–Crippen LogP) is 11.0. The van der Waals surface area contributed by atoms with Gasteiger partial charge in [-0.3, -0.25) is 4.79 Å². The second-order valence-electron chi connectivity index (χ2n) is 12.4. The number of fused-ring (bicyclic) bond motifs is 14. The van der Waals surface area contributed by atoms with E-state index >= 15 is 0 Å². The molecule has 5 nitrogen and oxygen atoms in total. The molecule has 0 atom stereocenters. The van der Waals surface area contributed by atoms with E-state index in [9.17, 15) is 4.79 Å². The van der Waals surface area contributed by atoms with Crippen molar-refractivity contribution in [2.24, 2.45) is 0 Å². The number of hydrogen-bond acceptors (Lipinski definition) is 3. The Balaban J connectivity index is 1.42. The maximum Gasteiger partial charge on any atom is 0.200 e. The molecule has 0 amide bonds. The van der Waals surface area contributed by atoms with Gasteiger partial charge in [-0.25, -0.2) is 0 Å². The molecule has 0 saturated carbocycles. The Kier molecular flexibility index (Phi) is 4.93. The van der Waals surface area contributed by atoms with Crippen LogP contribution in [0.25, 0.3) is 98.9 Å². The van der Waals surface area contributed by atoms with Gasteiger partial charge in [0.25, 0.3) is 0 Å². The molecule has 0 fully saturated rings. The highest BCUT2D eigenvalue weighted by atomic mass is 16.3. The number of para-hydroxylation sites is 5. The van der Waals surface area contributed by atoms with Crippen molar-refractivity contribution in [2.45, 2.75) is 0 Å². The van der Waals surface area contributed by atoms with Gasteiger partial charge in [0.2, 0.25) is 5.43 Å². The minimum absolute atomic E-state index is 0.0297. The second-order valence-corrected chi connectivity index (χ2v) is 12.4. The van der Waals surface area contributed by atoms with E-state index < -0.39 is 0 Å². The van der Waals surface area contributed by atoms with Crippen LogP contribution in [0.3, 0.4) is 0 Å². The summed E-state index contributed by atoms with van der Waals surface area (Å²) in [6.45, 7) is 0. The smallest absolute Gasteiger partial charge is 0.200 e. The molecule has 5 heteroatoms. The topological polar surface area (TPSA) is 53.2 Å². The van der Waals surface area contributed by atoms with E-state index in [2.05, 4.69) is 100 Å². The number of benzene rings is 7. The molecule has 224 valence electrons. The van der Waals surface area contributed by atoms with Gasteiger partial charge in [0.1, 0.15) is 22.3 Å². The van der Waals surface area contributed by atoms with E-state index in [0.29, 0.717) is 21.9 Å². The maximum atomic E-state index is 13.5. The van der Waals surface area contributed by atoms with Gasteiger partial charge in [-0.15, -0.1) is 0 Å². The van der Waals surface area contributed by atoms with E-state index in [1.807, 2.05) is 54.6 Å². The average molecular weight is 617 g/mol. The largest absolute Gasteiger partial charge is 0.456 e. The SMILES string of the molecule is O=c1c2ccccc2oc2cc(-n3c4ccccc4c4c5c(c6ccccc6n5-c5ccccc5)c5oc6ccccc6c5c43)ccc12. The molecule has 11 rings (SSSR count). The van der Waals surface area contributed by atoms with Crippen molar-refractivity contribution in [2.75, 3.05) is 0 Å². The van der Waals surface area contributed by atoms with Crippen LogP contribution < -0.4 is 5.43 Å². The molecule has 0 aliphatic rings. The second kappa shape index (κ2) is 9.24. The van der Waals surface area contributed by atoms with Crippen LogP contribution in [-0.4, -0.2) is 9.13 Å². The van der Waals surface area contributed by atoms with E-state index in [-0.39, 0.29) is 5.43 Å². The Morgan fingerprint density at radius 1 is 0.396 bits per heavy atom. The Morgan fingerprint density at radius 2 is 0.917 bits per heavy atom. The summed E-state index contributed by atoms with van der Waals surface area (Å²) in [6.07, 6.45) is 0. The Hall–Kier alpha value is -6.59. The van der Waals surface area contributed by atoms with Crippen LogP contribution in [-0.2, 0) is 0 Å². The first kappa shape index (κ1) is 25.6. The lowest BCUT2D eigenvalue weighted by Crippen LogP contribution is -2.03. The van der Waals surface area contributed by atoms with Crippen LogP contribution >= 0.6 is 0 Å². The van der Waals surface area contributed by atoms with Gasteiger partial charge in [-0.05, 0) is 54.6 Å². The minimum Gasteiger partial charge on any atom is -0.456 e. The number of hydrogen-bond donors (Lipinski definition) is 0. The maximum absolute atomic E-state index is 13.5. The van der Waals surface area contributed by atoms with Gasteiger partial charge in [0.15, 0.2) is 0 Å². The highest BCUT2D eigenvalue weighted by Gasteiger charge is 2.27. The first-order valence-corrected chi connectivity index (χ1v) is 16.1. The van der Waals surface area contributed by atoms with Crippen molar-refractivity contribution in [3.8, 4) is 11.4 Å². The van der Waals surface area contributed by atoms with Gasteiger partial charge >= 0.3 is 0 Å². The van der Waals surface area contributed by atoms with Crippen LogP contribution in [0.2, 0.25) is 0 Å². The van der Waals surface area contributed by atoms with Crippen LogP contribution in [0.15, 0.2) is 159 Å². The standard InChI is InChI=1S/C43H24N2O3/c46-42-30-17-7-11-21-35(30)47-36-24-26(22-23-31(36)42)45-32-18-8-4-14-27(32)37-40-38(43-39(41(37)45)29-16-6-10-20-34(29)48-43)28-15-5-9-19-33(28)44(40)25-12-2-1-3-13-25/h1-24H. The van der Waals surface area contributed by atoms with Gasteiger partial charge < -0.3 is 18.0 Å². The van der Waals surface area contributed by atoms with E-state index in [1.165, 1.54) is 0 Å². The Morgan fingerprint density at radius 3 is 1.65 bits per heavy atom. The summed E-state index contributed by atoms with van der Waals surface area (Å²) in [6, 6.07) is 49.4. The van der Waals surface area contributed by atoms with Crippen molar-refractivity contribution in [3.05, 3.63) is 156 Å². The summed E-state index contributed by atoms with van der Waals surface area (Å²) < 4.78 is 17.9. The summed E-state index contributed by atoms with van der Waals surface area (Å²) in [5, 5.41) is 7.75. The number of aromatic nitrogens is 2. The third-order valence-electron chi connectivity index (χ3n) is 9.88. The fraction of sp³-hybridized carbons (Fsp3) is 0. The van der Waals surface area contributed by atoms with Gasteiger partial charge in [-0.1, -0.05) is 84.9 Å². The van der Waals surface area contributed by atoms with Gasteiger partial charge in [0, 0.05) is 39.0 Å². The van der Waals surface area contributed by atoms with Crippen LogP contribution in [0, 0.1) is 0 Å². The first-order chi connectivity index (χ1) is 23.8. The molecule has 0 bridgehead atoms. The molecule has 0 spiro atoms. The third kappa shape index (κ3) is 3.22. The molecule has 48 heavy (non-hydrogen) atoms. The van der Waals surface area contributed by atoms with Crippen LogP contribution in [0.5, 0.6) is 0 Å². The monoisotopic (exact) mass is 616 g/mol. The number of rotatable bonds is 2. The van der Waals surface area contributed by atoms with Crippen molar-refractivity contribution in [3.63, 3.8) is 0 Å². The average Bonchev–Trinajstić information content (AvgIpc) is 3.80. The van der Waals surface area contributed by atoms with E-state index in [4.69, 9.17) is 8.83 Å². The van der Waals surface area contributed by atoms with E-state index in [0.717, 1.165) is 76.9 Å². The number of furan rings is 1. The van der Waals surface area contributed by atoms with Gasteiger partial charge in [0.05, 0.1) is 43.6 Å². The minimum atomic E-state index is -0.0297. The van der Waals surface area contributed by atoms with Crippen LogP contribution in [0.4, 0.5) is 0 Å². The van der Waals surface area contributed by atoms with Crippen molar-refractivity contribution in [1.29, 1.82) is 0 Å². The zero-order chi connectivity index (χ0) is 31.5. The predicted molar refractivity (Wildman–Crippen MR) is 196 cm³/mol. The third-order valence-corrected chi connectivity index (χ3v) is 9.88. The lowest BCUT2D eigenvalue weighted by Gasteiger charge is -2.12. The molecule has 0 radical (unpaired) electrons. The summed E-state index contributed by atoms with van der Waals surface area (Å²) in [5.41, 5.74) is 9.08. The molecule has 11 aromatic rings. The fourth-order valence-electron chi connectivity index (χ4n) is 7.92. The molecule has 4 heterocycles. The lowest BCUT2D eigenvalue weighted by molar-refractivity contribution is 0.659. The molecule has 4 aromatic heterocycles. The molecule has 7 aromatic carbocycles. The summed E-state index contributed by atoms with van der Waals surface area (Å²) in [5.74, 6) is 0.